The molecule has 1 fully saturated rings. The Morgan fingerprint density at radius 3 is 2.48 bits per heavy atom. The Labute approximate surface area is 130 Å². The van der Waals surface area contributed by atoms with E-state index in [2.05, 4.69) is 33.9 Å². The van der Waals surface area contributed by atoms with Crippen LogP contribution in [0.1, 0.15) is 40.0 Å². The molecule has 1 aliphatic heterocycles. The molecule has 0 radical (unpaired) electrons. The van der Waals surface area contributed by atoms with E-state index in [0.29, 0.717) is 32.7 Å². The number of hydrogen-bond donors (Lipinski definition) is 0. The van der Waals surface area contributed by atoms with Gasteiger partial charge in [0.05, 0.1) is 13.2 Å². The summed E-state index contributed by atoms with van der Waals surface area (Å²) in [6.45, 7) is 13.1. The van der Waals surface area contributed by atoms with Crippen LogP contribution in [0.4, 0.5) is 0 Å². The van der Waals surface area contributed by atoms with E-state index in [1.54, 1.807) is 6.08 Å². The normalized spacial score (nSPS) is 17.8. The summed E-state index contributed by atoms with van der Waals surface area (Å²) < 4.78 is 16.7. The minimum atomic E-state index is -1.67. The number of ether oxygens (including phenoxy) is 2. The second-order valence-electron chi connectivity index (χ2n) is 6.98. The van der Waals surface area contributed by atoms with E-state index in [-0.39, 0.29) is 17.1 Å². The molecule has 0 spiro atoms. The first-order valence-electron chi connectivity index (χ1n) is 7.79. The third-order valence-electron chi connectivity index (χ3n) is 4.17. The maximum Gasteiger partial charge on any atom is 0.191 e. The first-order valence-corrected chi connectivity index (χ1v) is 10.7. The number of carbonyl (C=O) groups is 1. The van der Waals surface area contributed by atoms with Crippen LogP contribution in [0.15, 0.2) is 12.2 Å². The van der Waals surface area contributed by atoms with Gasteiger partial charge in [0, 0.05) is 19.4 Å². The summed E-state index contributed by atoms with van der Waals surface area (Å²) in [4.78, 5) is 11.7. The van der Waals surface area contributed by atoms with Crippen molar-refractivity contribution in [2.45, 2.75) is 64.5 Å². The number of hydrogen-bond acceptors (Lipinski definition) is 4. The lowest BCUT2D eigenvalue weighted by molar-refractivity contribution is -0.117. The van der Waals surface area contributed by atoms with E-state index >= 15 is 0 Å². The first-order chi connectivity index (χ1) is 9.72. The molecule has 1 saturated heterocycles. The molecule has 0 aromatic rings. The first kappa shape index (κ1) is 18.6. The predicted molar refractivity (Wildman–Crippen MR) is 86.8 cm³/mol. The highest BCUT2D eigenvalue weighted by Gasteiger charge is 2.36. The van der Waals surface area contributed by atoms with Crippen LogP contribution >= 0.6 is 0 Å². The fraction of sp³-hybridized carbons (Fsp3) is 0.812. The van der Waals surface area contributed by atoms with Crippen LogP contribution in [-0.2, 0) is 18.7 Å². The predicted octanol–water partition coefficient (Wildman–Crippen LogP) is 3.68. The third-order valence-corrected chi connectivity index (χ3v) is 8.71. The van der Waals surface area contributed by atoms with Crippen molar-refractivity contribution in [1.82, 2.24) is 0 Å². The van der Waals surface area contributed by atoms with Crippen molar-refractivity contribution >= 4 is 14.1 Å². The molecule has 1 heterocycles. The molecule has 122 valence electrons. The molecule has 0 unspecified atom stereocenters. The fourth-order valence-corrected chi connectivity index (χ4v) is 2.79. The number of carbonyl (C=O) groups excluding carboxylic acids is 1. The molecule has 0 amide bonds. The molecule has 0 bridgehead atoms. The van der Waals surface area contributed by atoms with Crippen molar-refractivity contribution in [2.24, 2.45) is 0 Å². The fourth-order valence-electron chi connectivity index (χ4n) is 1.73. The number of allylic oxidation sites excluding steroid dienone is 1. The lowest BCUT2D eigenvalue weighted by Crippen LogP contribution is -2.40. The van der Waals surface area contributed by atoms with Gasteiger partial charge in [-0.15, -0.1) is 0 Å². The summed E-state index contributed by atoms with van der Waals surface area (Å²) in [5.41, 5.74) is 0. The van der Waals surface area contributed by atoms with Gasteiger partial charge in [-0.3, -0.25) is 4.79 Å². The maximum absolute atomic E-state index is 11.7. The second-order valence-corrected chi connectivity index (χ2v) is 11.8. The molecule has 5 heteroatoms. The number of rotatable bonds is 8. The van der Waals surface area contributed by atoms with Crippen molar-refractivity contribution in [2.75, 3.05) is 19.8 Å². The van der Waals surface area contributed by atoms with Crippen LogP contribution in [0, 0.1) is 0 Å². The van der Waals surface area contributed by atoms with Crippen LogP contribution in [0.25, 0.3) is 0 Å². The van der Waals surface area contributed by atoms with Gasteiger partial charge in [-0.05, 0) is 30.6 Å². The van der Waals surface area contributed by atoms with Gasteiger partial charge >= 0.3 is 0 Å². The van der Waals surface area contributed by atoms with Crippen molar-refractivity contribution in [1.29, 1.82) is 0 Å². The van der Waals surface area contributed by atoms with Crippen molar-refractivity contribution < 1.29 is 18.7 Å². The SMILES string of the molecule is CC(C)(C)[Si](C)(C)OCC/C=C/C(=O)CCC1OCCO1. The van der Waals surface area contributed by atoms with Gasteiger partial charge in [-0.25, -0.2) is 0 Å². The van der Waals surface area contributed by atoms with Crippen molar-refractivity contribution in [3.8, 4) is 0 Å². The van der Waals surface area contributed by atoms with Gasteiger partial charge in [0.25, 0.3) is 0 Å². The van der Waals surface area contributed by atoms with E-state index in [0.717, 1.165) is 6.42 Å². The summed E-state index contributed by atoms with van der Waals surface area (Å²) in [7, 11) is -1.67. The monoisotopic (exact) mass is 314 g/mol. The second kappa shape index (κ2) is 8.22. The molecule has 1 aliphatic rings. The molecule has 1 rings (SSSR count). The van der Waals surface area contributed by atoms with Crippen LogP contribution in [0.3, 0.4) is 0 Å². The minimum Gasteiger partial charge on any atom is -0.417 e. The molecule has 21 heavy (non-hydrogen) atoms. The summed E-state index contributed by atoms with van der Waals surface area (Å²) in [5, 5.41) is 0.230. The van der Waals surface area contributed by atoms with Gasteiger partial charge in [0.1, 0.15) is 0 Å². The minimum absolute atomic E-state index is 0.126. The largest absolute Gasteiger partial charge is 0.417 e. The summed E-state index contributed by atoms with van der Waals surface area (Å²) in [6, 6.07) is 0. The van der Waals surface area contributed by atoms with Gasteiger partial charge in [0.15, 0.2) is 20.4 Å². The average molecular weight is 314 g/mol. The van der Waals surface area contributed by atoms with Crippen LogP contribution in [0.2, 0.25) is 18.1 Å². The molecular weight excluding hydrogens is 284 g/mol. The zero-order valence-corrected chi connectivity index (χ0v) is 15.1. The molecular formula is C16H30O4Si. The lowest BCUT2D eigenvalue weighted by atomic mass is 10.2. The lowest BCUT2D eigenvalue weighted by Gasteiger charge is -2.36. The Hall–Kier alpha value is -0.493. The maximum atomic E-state index is 11.7. The average Bonchev–Trinajstić information content (AvgIpc) is 2.87. The number of ketones is 1. The molecule has 0 aromatic carbocycles. The van der Waals surface area contributed by atoms with Gasteiger partial charge in [0.2, 0.25) is 0 Å². The van der Waals surface area contributed by atoms with Crippen molar-refractivity contribution in [3.05, 3.63) is 12.2 Å². The zero-order chi connectivity index (χ0) is 15.9. The summed E-state index contributed by atoms with van der Waals surface area (Å²) in [5.74, 6) is 0.126. The Bertz CT molecular complexity index is 352. The van der Waals surface area contributed by atoms with Crippen LogP contribution in [0.5, 0.6) is 0 Å². The Morgan fingerprint density at radius 2 is 1.90 bits per heavy atom. The topological polar surface area (TPSA) is 44.8 Å². The van der Waals surface area contributed by atoms with Crippen LogP contribution < -0.4 is 0 Å². The van der Waals surface area contributed by atoms with Crippen LogP contribution in [-0.4, -0.2) is 40.2 Å². The molecule has 0 aromatic heterocycles. The Kier molecular flexibility index (Phi) is 7.26. The third kappa shape index (κ3) is 6.87. The molecule has 0 aliphatic carbocycles. The van der Waals surface area contributed by atoms with E-state index in [9.17, 15) is 4.79 Å². The Morgan fingerprint density at radius 1 is 1.29 bits per heavy atom. The van der Waals surface area contributed by atoms with E-state index in [1.807, 2.05) is 6.08 Å². The highest BCUT2D eigenvalue weighted by Crippen LogP contribution is 2.36. The van der Waals surface area contributed by atoms with E-state index < -0.39 is 8.32 Å². The standard InChI is InChI=1S/C16H30O4Si/c1-16(2,3)21(4,5)20-11-7-6-8-14(17)9-10-15-18-12-13-19-15/h6,8,15H,7,9-13H2,1-5H3/b8-6+. The molecule has 4 nitrogen and oxygen atoms in total. The Balaban J connectivity index is 2.15. The smallest absolute Gasteiger partial charge is 0.191 e. The molecule has 0 saturated carbocycles. The van der Waals surface area contributed by atoms with Crippen molar-refractivity contribution in [3.63, 3.8) is 0 Å². The van der Waals surface area contributed by atoms with Gasteiger partial charge in [-0.1, -0.05) is 26.8 Å². The van der Waals surface area contributed by atoms with Gasteiger partial charge in [-0.2, -0.15) is 0 Å². The summed E-state index contributed by atoms with van der Waals surface area (Å²) in [6.07, 6.45) is 5.28. The molecule has 0 atom stereocenters. The van der Waals surface area contributed by atoms with E-state index in [4.69, 9.17) is 13.9 Å². The molecule has 0 N–H and O–H groups in total. The van der Waals surface area contributed by atoms with Gasteiger partial charge < -0.3 is 13.9 Å². The highest BCUT2D eigenvalue weighted by molar-refractivity contribution is 6.74. The van der Waals surface area contributed by atoms with E-state index in [1.165, 1.54) is 0 Å². The highest BCUT2D eigenvalue weighted by atomic mass is 28.4. The summed E-state index contributed by atoms with van der Waals surface area (Å²) >= 11 is 0. The zero-order valence-electron chi connectivity index (χ0n) is 14.1. The quantitative estimate of drug-likeness (QED) is 0.389.